The second kappa shape index (κ2) is 4.95. The fourth-order valence-corrected chi connectivity index (χ4v) is 2.10. The molecule has 0 aliphatic heterocycles. The number of hydrogen-bond acceptors (Lipinski definition) is 1. The van der Waals surface area contributed by atoms with Gasteiger partial charge in [-0.3, -0.25) is 4.79 Å². The van der Waals surface area contributed by atoms with Crippen LogP contribution < -0.4 is 0 Å². The molecule has 1 rings (SSSR count). The molecule has 1 atom stereocenters. The lowest BCUT2D eigenvalue weighted by atomic mass is 9.88. The Hall–Kier alpha value is -0.240. The molecule has 0 heterocycles. The van der Waals surface area contributed by atoms with Crippen LogP contribution in [-0.4, -0.2) is 16.5 Å². The monoisotopic (exact) mass is 246 g/mol. The first-order chi connectivity index (χ1) is 7.28. The lowest BCUT2D eigenvalue weighted by Crippen LogP contribution is -2.20. The maximum atomic E-state index is 10.9. The van der Waals surface area contributed by atoms with E-state index in [1.165, 1.54) is 0 Å². The van der Waals surface area contributed by atoms with Crippen LogP contribution in [0.3, 0.4) is 0 Å². The summed E-state index contributed by atoms with van der Waals surface area (Å²) in [7, 11) is 0. The van der Waals surface area contributed by atoms with E-state index in [0.29, 0.717) is 0 Å². The SMILES string of the molecule is CC(C)(C)C(Cl)CCCCC1(C(=O)O)CC1. The fourth-order valence-electron chi connectivity index (χ4n) is 1.94. The number of aliphatic carboxylic acids is 1. The maximum absolute atomic E-state index is 10.9. The minimum Gasteiger partial charge on any atom is -0.481 e. The molecule has 1 N–H and O–H groups in total. The van der Waals surface area contributed by atoms with Gasteiger partial charge in [-0.25, -0.2) is 0 Å². The summed E-state index contributed by atoms with van der Waals surface area (Å²) in [6, 6.07) is 0. The van der Waals surface area contributed by atoms with E-state index >= 15 is 0 Å². The molecule has 0 aromatic carbocycles. The van der Waals surface area contributed by atoms with Crippen LogP contribution in [0.4, 0.5) is 0 Å². The summed E-state index contributed by atoms with van der Waals surface area (Å²) in [5.41, 5.74) is -0.213. The fraction of sp³-hybridized carbons (Fsp3) is 0.923. The van der Waals surface area contributed by atoms with E-state index in [-0.39, 0.29) is 16.2 Å². The normalized spacial score (nSPS) is 20.5. The minimum atomic E-state index is -0.606. The number of unbranched alkanes of at least 4 members (excludes halogenated alkanes) is 1. The van der Waals surface area contributed by atoms with Crippen molar-refractivity contribution in [3.63, 3.8) is 0 Å². The van der Waals surface area contributed by atoms with Gasteiger partial charge in [0.2, 0.25) is 0 Å². The van der Waals surface area contributed by atoms with Crippen LogP contribution in [-0.2, 0) is 4.79 Å². The highest BCUT2D eigenvalue weighted by atomic mass is 35.5. The number of carboxylic acid groups (broad SMARTS) is 1. The second-order valence-corrected chi connectivity index (χ2v) is 6.69. The molecule has 0 bridgehead atoms. The Morgan fingerprint density at radius 2 is 1.94 bits per heavy atom. The second-order valence-electron chi connectivity index (χ2n) is 6.16. The Morgan fingerprint density at radius 1 is 1.38 bits per heavy atom. The molecule has 1 fully saturated rings. The summed E-state index contributed by atoms with van der Waals surface area (Å²) < 4.78 is 0. The summed E-state index contributed by atoms with van der Waals surface area (Å²) >= 11 is 6.27. The smallest absolute Gasteiger partial charge is 0.309 e. The Bertz CT molecular complexity index is 251. The van der Waals surface area contributed by atoms with Gasteiger partial charge in [0.05, 0.1) is 5.41 Å². The topological polar surface area (TPSA) is 37.3 Å². The number of carboxylic acids is 1. The van der Waals surface area contributed by atoms with Crippen molar-refractivity contribution in [3.05, 3.63) is 0 Å². The molecule has 1 saturated carbocycles. The van der Waals surface area contributed by atoms with Crippen LogP contribution in [0.5, 0.6) is 0 Å². The Morgan fingerprint density at radius 3 is 2.31 bits per heavy atom. The number of halogens is 1. The Kier molecular flexibility index (Phi) is 4.28. The summed E-state index contributed by atoms with van der Waals surface area (Å²) in [4.78, 5) is 10.9. The van der Waals surface area contributed by atoms with Crippen LogP contribution in [0.15, 0.2) is 0 Å². The van der Waals surface area contributed by atoms with Gasteiger partial charge in [0.15, 0.2) is 0 Å². The average Bonchev–Trinajstić information content (AvgIpc) is 2.91. The highest BCUT2D eigenvalue weighted by molar-refractivity contribution is 6.21. The lowest BCUT2D eigenvalue weighted by molar-refractivity contribution is -0.143. The molecule has 0 radical (unpaired) electrons. The van der Waals surface area contributed by atoms with Gasteiger partial charge in [0.1, 0.15) is 0 Å². The molecule has 94 valence electrons. The molecular formula is C13H23ClO2. The third-order valence-corrected chi connectivity index (χ3v) is 4.48. The Labute approximate surface area is 103 Å². The van der Waals surface area contributed by atoms with Crippen molar-refractivity contribution in [2.24, 2.45) is 10.8 Å². The van der Waals surface area contributed by atoms with Crippen molar-refractivity contribution in [1.82, 2.24) is 0 Å². The van der Waals surface area contributed by atoms with Crippen LogP contribution in [0.2, 0.25) is 0 Å². The van der Waals surface area contributed by atoms with Gasteiger partial charge in [0.25, 0.3) is 0 Å². The molecule has 0 saturated heterocycles. The van der Waals surface area contributed by atoms with Crippen molar-refractivity contribution in [2.75, 3.05) is 0 Å². The highest BCUT2D eigenvalue weighted by Crippen LogP contribution is 2.50. The van der Waals surface area contributed by atoms with Crippen LogP contribution in [0.25, 0.3) is 0 Å². The quantitative estimate of drug-likeness (QED) is 0.567. The molecule has 1 aliphatic carbocycles. The first-order valence-electron chi connectivity index (χ1n) is 6.15. The third kappa shape index (κ3) is 3.65. The molecule has 2 nitrogen and oxygen atoms in total. The van der Waals surface area contributed by atoms with Crippen molar-refractivity contribution >= 4 is 17.6 Å². The first-order valence-corrected chi connectivity index (χ1v) is 6.59. The molecule has 0 spiro atoms. The van der Waals surface area contributed by atoms with Gasteiger partial charge in [0, 0.05) is 5.38 Å². The van der Waals surface area contributed by atoms with E-state index in [1.54, 1.807) is 0 Å². The van der Waals surface area contributed by atoms with E-state index in [2.05, 4.69) is 20.8 Å². The molecule has 0 aromatic heterocycles. The van der Waals surface area contributed by atoms with Gasteiger partial charge < -0.3 is 5.11 Å². The van der Waals surface area contributed by atoms with Gasteiger partial charge in [-0.05, 0) is 31.1 Å². The van der Waals surface area contributed by atoms with E-state index < -0.39 is 5.97 Å². The van der Waals surface area contributed by atoms with E-state index in [9.17, 15) is 4.79 Å². The molecule has 1 unspecified atom stereocenters. The molecule has 16 heavy (non-hydrogen) atoms. The van der Waals surface area contributed by atoms with Crippen molar-refractivity contribution in [1.29, 1.82) is 0 Å². The number of hydrogen-bond donors (Lipinski definition) is 1. The van der Waals surface area contributed by atoms with E-state index in [0.717, 1.165) is 38.5 Å². The largest absolute Gasteiger partial charge is 0.481 e. The molecule has 1 aliphatic rings. The van der Waals surface area contributed by atoms with E-state index in [4.69, 9.17) is 16.7 Å². The summed E-state index contributed by atoms with van der Waals surface area (Å²) in [5, 5.41) is 9.20. The van der Waals surface area contributed by atoms with Crippen molar-refractivity contribution in [2.45, 2.75) is 64.7 Å². The number of rotatable bonds is 6. The standard InChI is InChI=1S/C13H23ClO2/c1-12(2,3)10(14)6-4-5-7-13(8-9-13)11(15)16/h10H,4-9H2,1-3H3,(H,15,16). The average molecular weight is 247 g/mol. The van der Waals surface area contributed by atoms with Gasteiger partial charge in [-0.15, -0.1) is 11.6 Å². The van der Waals surface area contributed by atoms with Crippen molar-refractivity contribution < 1.29 is 9.90 Å². The molecule has 0 aromatic rings. The van der Waals surface area contributed by atoms with Gasteiger partial charge >= 0.3 is 5.97 Å². The first kappa shape index (κ1) is 13.8. The summed E-state index contributed by atoms with van der Waals surface area (Å²) in [5.74, 6) is -0.606. The van der Waals surface area contributed by atoms with E-state index in [1.807, 2.05) is 0 Å². The molecular weight excluding hydrogens is 224 g/mol. The predicted molar refractivity (Wildman–Crippen MR) is 66.9 cm³/mol. The van der Waals surface area contributed by atoms with Crippen LogP contribution in [0, 0.1) is 10.8 Å². The zero-order chi connectivity index (χ0) is 12.4. The summed E-state index contributed by atoms with van der Waals surface area (Å²) in [6.45, 7) is 6.43. The van der Waals surface area contributed by atoms with Crippen molar-refractivity contribution in [3.8, 4) is 0 Å². The molecule has 0 amide bonds. The summed E-state index contributed by atoms with van der Waals surface area (Å²) in [6.07, 6.45) is 5.58. The number of carbonyl (C=O) groups is 1. The van der Waals surface area contributed by atoms with Gasteiger partial charge in [-0.1, -0.05) is 33.6 Å². The highest BCUT2D eigenvalue weighted by Gasteiger charge is 2.49. The molecule has 3 heteroatoms. The zero-order valence-corrected chi connectivity index (χ0v) is 11.3. The predicted octanol–water partition coefficient (Wildman–Crippen LogP) is 4.07. The Balaban J connectivity index is 2.16. The third-order valence-electron chi connectivity index (χ3n) is 3.61. The maximum Gasteiger partial charge on any atom is 0.309 e. The van der Waals surface area contributed by atoms with Crippen LogP contribution >= 0.6 is 11.6 Å². The minimum absolute atomic E-state index is 0.144. The lowest BCUT2D eigenvalue weighted by Gasteiger charge is -2.25. The van der Waals surface area contributed by atoms with Gasteiger partial charge in [-0.2, -0.15) is 0 Å². The zero-order valence-electron chi connectivity index (χ0n) is 10.6. The number of alkyl halides is 1. The van der Waals surface area contributed by atoms with Crippen LogP contribution in [0.1, 0.15) is 59.3 Å².